The van der Waals surface area contributed by atoms with Crippen LogP contribution in [-0.4, -0.2) is 163 Å². The van der Waals surface area contributed by atoms with Gasteiger partial charge in [0.25, 0.3) is 11.8 Å². The molecule has 9 heterocycles. The Kier molecular flexibility index (Phi) is 13.3. The first-order chi connectivity index (χ1) is 33.5. The third kappa shape index (κ3) is 9.72. The fourth-order valence-corrected chi connectivity index (χ4v) is 10.8. The Hall–Kier alpha value is -6.55. The lowest BCUT2D eigenvalue weighted by Gasteiger charge is -2.38. The molecule has 2 atom stereocenters. The first kappa shape index (κ1) is 46.2. The molecule has 1 unspecified atom stereocenters. The molecule has 4 saturated heterocycles. The number of imide groups is 1. The minimum absolute atomic E-state index is 0.0430. The number of nitrogens with zero attached hydrogens (tertiary/aromatic N) is 12. The zero-order chi connectivity index (χ0) is 47.8. The van der Waals surface area contributed by atoms with E-state index in [9.17, 15) is 24.0 Å². The van der Waals surface area contributed by atoms with Gasteiger partial charge in [0, 0.05) is 88.6 Å². The van der Waals surface area contributed by atoms with Crippen LogP contribution in [0.25, 0.3) is 11.5 Å². The zero-order valence-corrected chi connectivity index (χ0v) is 39.9. The van der Waals surface area contributed by atoms with Gasteiger partial charge in [0.05, 0.1) is 37.4 Å². The molecule has 69 heavy (non-hydrogen) atoms. The van der Waals surface area contributed by atoms with Crippen molar-refractivity contribution in [1.82, 2.24) is 54.5 Å². The number of piperidine rings is 2. The number of pyridine rings is 2. The number of carbonyl (C=O) groups excluding carboxylic acids is 5. The van der Waals surface area contributed by atoms with Crippen molar-refractivity contribution >= 4 is 41.2 Å². The molecule has 1 N–H and O–H groups in total. The van der Waals surface area contributed by atoms with Gasteiger partial charge in [0.1, 0.15) is 29.7 Å². The van der Waals surface area contributed by atoms with E-state index in [1.165, 1.54) is 0 Å². The van der Waals surface area contributed by atoms with Gasteiger partial charge < -0.3 is 24.2 Å². The first-order valence-corrected chi connectivity index (χ1v) is 24.6. The van der Waals surface area contributed by atoms with Gasteiger partial charge in [0.15, 0.2) is 5.82 Å². The molecule has 0 radical (unpaired) electrons. The molecule has 0 bridgehead atoms. The van der Waals surface area contributed by atoms with Gasteiger partial charge in [-0.3, -0.25) is 44.0 Å². The van der Waals surface area contributed by atoms with Gasteiger partial charge in [-0.05, 0) is 107 Å². The summed E-state index contributed by atoms with van der Waals surface area (Å²) < 4.78 is 1.92. The van der Waals surface area contributed by atoms with E-state index < -0.39 is 11.9 Å². The number of anilines is 2. The maximum absolute atomic E-state index is 14.2. The Labute approximate surface area is 403 Å². The SMILES string of the molecule is CCn1cnnc1-c1cccc(N2Cc3c(cc(N4CCC[C@H]4C)nc3CN(C)C(=O)CN3CCC(CN4CCN(CC#Cc5ccc6c(c5)CN(C5CCC(=O)NC5=O)C6=O)CC4)CC3)C2=O)n1. The van der Waals surface area contributed by atoms with E-state index in [0.29, 0.717) is 86.1 Å². The van der Waals surface area contributed by atoms with Gasteiger partial charge in [0.2, 0.25) is 17.7 Å². The number of amides is 5. The minimum Gasteiger partial charge on any atom is -0.354 e. The molecule has 0 saturated carbocycles. The van der Waals surface area contributed by atoms with E-state index >= 15 is 0 Å². The Bertz CT molecular complexity index is 2710. The van der Waals surface area contributed by atoms with Crippen molar-refractivity contribution in [2.45, 2.75) is 90.6 Å². The number of carbonyl (C=O) groups is 5. The van der Waals surface area contributed by atoms with Gasteiger partial charge in [-0.2, -0.15) is 0 Å². The second kappa shape index (κ2) is 19.8. The predicted octanol–water partition coefficient (Wildman–Crippen LogP) is 3.00. The van der Waals surface area contributed by atoms with Gasteiger partial charge in [-0.1, -0.05) is 17.9 Å². The molecule has 6 aliphatic heterocycles. The number of aryl methyl sites for hydroxylation is 1. The normalized spacial score (nSPS) is 21.4. The molecule has 4 fully saturated rings. The zero-order valence-electron chi connectivity index (χ0n) is 39.9. The summed E-state index contributed by atoms with van der Waals surface area (Å²) in [6.07, 6.45) is 6.49. The highest BCUT2D eigenvalue weighted by molar-refractivity contribution is 6.10. The highest BCUT2D eigenvalue weighted by atomic mass is 16.2. The minimum atomic E-state index is -0.628. The lowest BCUT2D eigenvalue weighted by Crippen LogP contribution is -2.52. The number of aromatic nitrogens is 5. The number of nitrogens with one attached hydrogen (secondary N) is 1. The average Bonchev–Trinajstić information content (AvgIpc) is 4.16. The van der Waals surface area contributed by atoms with Crippen molar-refractivity contribution in [1.29, 1.82) is 0 Å². The lowest BCUT2D eigenvalue weighted by atomic mass is 9.96. The fraction of sp³-hybridized carbons (Fsp3) is 0.510. The van der Waals surface area contributed by atoms with Crippen molar-refractivity contribution in [3.05, 3.63) is 82.3 Å². The number of piperazine rings is 1. The molecule has 0 spiro atoms. The average molecular weight is 936 g/mol. The fourth-order valence-electron chi connectivity index (χ4n) is 10.8. The summed E-state index contributed by atoms with van der Waals surface area (Å²) in [6, 6.07) is 12.9. The van der Waals surface area contributed by atoms with Gasteiger partial charge in [-0.15, -0.1) is 10.2 Å². The monoisotopic (exact) mass is 935 g/mol. The number of fused-ring (bicyclic) bond motifs is 2. The largest absolute Gasteiger partial charge is 0.354 e. The van der Waals surface area contributed by atoms with Crippen LogP contribution in [0.3, 0.4) is 0 Å². The molecule has 18 heteroatoms. The first-order valence-electron chi connectivity index (χ1n) is 24.6. The van der Waals surface area contributed by atoms with Gasteiger partial charge >= 0.3 is 0 Å². The number of hydrogen-bond acceptors (Lipinski definition) is 13. The summed E-state index contributed by atoms with van der Waals surface area (Å²) in [7, 11) is 1.85. The Balaban J connectivity index is 0.693. The lowest BCUT2D eigenvalue weighted by molar-refractivity contribution is -0.137. The maximum atomic E-state index is 14.2. The molecule has 360 valence electrons. The predicted molar refractivity (Wildman–Crippen MR) is 258 cm³/mol. The number of likely N-dealkylation sites (tertiary alicyclic amines) is 1. The molecule has 18 nitrogen and oxygen atoms in total. The maximum Gasteiger partial charge on any atom is 0.260 e. The van der Waals surface area contributed by atoms with Crippen LogP contribution in [0.2, 0.25) is 0 Å². The molecule has 4 aromatic rings. The van der Waals surface area contributed by atoms with Crippen LogP contribution < -0.4 is 15.1 Å². The standard InChI is InChI=1S/C51H61N13O5/c1-4-61-33-52-56-48(61)41-10-5-11-44(53-41)64-30-40-39(51(64)69)27-45(62-19-6-8-34(62)2)54-42(40)31-57(3)47(66)32-59-20-16-36(17-21-59)28-60-24-22-58(23-25-60)18-7-9-35-12-13-38-37(26-35)29-63(50(38)68)43-14-15-46(65)55-49(43)67/h5,10-13,26-27,33-34,36,43H,4,6,8,14-25,28-32H2,1-3H3,(H,55,65,67)/t34-,43?/m1/s1. The van der Waals surface area contributed by atoms with Crippen molar-refractivity contribution in [2.24, 2.45) is 5.92 Å². The summed E-state index contributed by atoms with van der Waals surface area (Å²) in [5, 5.41) is 10.7. The molecule has 10 rings (SSSR count). The summed E-state index contributed by atoms with van der Waals surface area (Å²) in [5.74, 6) is 8.22. The molecule has 5 amide bonds. The van der Waals surface area contributed by atoms with E-state index in [1.807, 2.05) is 54.9 Å². The number of hydrogen-bond donors (Lipinski definition) is 1. The Morgan fingerprint density at radius 3 is 2.42 bits per heavy atom. The second-order valence-electron chi connectivity index (χ2n) is 19.5. The van der Waals surface area contributed by atoms with Crippen LogP contribution >= 0.6 is 0 Å². The Morgan fingerprint density at radius 2 is 1.65 bits per heavy atom. The molecule has 3 aromatic heterocycles. The summed E-state index contributed by atoms with van der Waals surface area (Å²) >= 11 is 0. The molecule has 0 aliphatic carbocycles. The number of likely N-dealkylation sites (N-methyl/N-ethyl adjacent to an activating group) is 1. The van der Waals surface area contributed by atoms with Crippen LogP contribution in [0, 0.1) is 17.8 Å². The van der Waals surface area contributed by atoms with Crippen molar-refractivity contribution < 1.29 is 24.0 Å². The van der Waals surface area contributed by atoms with Gasteiger partial charge in [-0.25, -0.2) is 9.97 Å². The number of rotatable bonds is 12. The second-order valence-corrected chi connectivity index (χ2v) is 19.5. The van der Waals surface area contributed by atoms with Crippen molar-refractivity contribution in [2.75, 3.05) is 82.3 Å². The number of benzene rings is 1. The van der Waals surface area contributed by atoms with Crippen molar-refractivity contribution in [3.63, 3.8) is 0 Å². The Morgan fingerprint density at radius 1 is 0.841 bits per heavy atom. The quantitative estimate of drug-likeness (QED) is 0.162. The summed E-state index contributed by atoms with van der Waals surface area (Å²) in [6.45, 7) is 14.5. The molecule has 6 aliphatic rings. The summed E-state index contributed by atoms with van der Waals surface area (Å²) in [5.41, 5.74) is 5.15. The topological polar surface area (TPSA) is 177 Å². The van der Waals surface area contributed by atoms with Crippen molar-refractivity contribution in [3.8, 4) is 23.4 Å². The third-order valence-corrected chi connectivity index (χ3v) is 15.0. The van der Waals surface area contributed by atoms with Crippen LogP contribution in [0.1, 0.15) is 95.5 Å². The molecular formula is C51H61N13O5. The van der Waals surface area contributed by atoms with E-state index in [0.717, 1.165) is 106 Å². The van der Waals surface area contributed by atoms with Crippen LogP contribution in [-0.2, 0) is 40.6 Å². The highest BCUT2D eigenvalue weighted by Gasteiger charge is 2.40. The van der Waals surface area contributed by atoms with Crippen LogP contribution in [0.4, 0.5) is 11.6 Å². The third-order valence-electron chi connectivity index (χ3n) is 15.0. The summed E-state index contributed by atoms with van der Waals surface area (Å²) in [4.78, 5) is 89.8. The molecular weight excluding hydrogens is 875 g/mol. The van der Waals surface area contributed by atoms with Crippen LogP contribution in [0.5, 0.6) is 0 Å². The highest BCUT2D eigenvalue weighted by Crippen LogP contribution is 2.35. The van der Waals surface area contributed by atoms with E-state index in [4.69, 9.17) is 9.97 Å². The van der Waals surface area contributed by atoms with E-state index in [1.54, 1.807) is 27.1 Å². The van der Waals surface area contributed by atoms with E-state index in [-0.39, 0.29) is 30.0 Å². The smallest absolute Gasteiger partial charge is 0.260 e. The molecule has 1 aromatic carbocycles. The van der Waals surface area contributed by atoms with E-state index in [2.05, 4.69) is 53.9 Å². The van der Waals surface area contributed by atoms with Crippen LogP contribution in [0.15, 0.2) is 48.8 Å².